The van der Waals surface area contributed by atoms with Crippen LogP contribution in [0.4, 0.5) is 16.2 Å². The first-order valence-electron chi connectivity index (χ1n) is 5.85. The predicted molar refractivity (Wildman–Crippen MR) is 84.6 cm³/mol. The van der Waals surface area contributed by atoms with Crippen LogP contribution in [0.25, 0.3) is 0 Å². The Labute approximate surface area is 135 Å². The average Bonchev–Trinajstić information content (AvgIpc) is 2.76. The van der Waals surface area contributed by atoms with Gasteiger partial charge in [-0.25, -0.2) is 4.79 Å². The first-order valence-corrected chi connectivity index (χ1v) is 7.49. The smallest absolute Gasteiger partial charge is 0.320 e. The second-order valence-electron chi connectivity index (χ2n) is 4.35. The lowest BCUT2D eigenvalue weighted by atomic mass is 10.1. The van der Waals surface area contributed by atoms with E-state index in [2.05, 4.69) is 11.2 Å². The van der Waals surface area contributed by atoms with Gasteiger partial charge < -0.3 is 11.5 Å². The molecule has 2 heterocycles. The van der Waals surface area contributed by atoms with Crippen molar-refractivity contribution in [2.45, 2.75) is 10.3 Å². The zero-order valence-electron chi connectivity index (χ0n) is 10.5. The van der Waals surface area contributed by atoms with Gasteiger partial charge in [0, 0.05) is 17.4 Å². The van der Waals surface area contributed by atoms with Gasteiger partial charge in [0.05, 0.1) is 20.6 Å². The zero-order valence-corrected chi connectivity index (χ0v) is 12.8. The van der Waals surface area contributed by atoms with E-state index in [1.807, 2.05) is 0 Å². The van der Waals surface area contributed by atoms with Gasteiger partial charge in [-0.2, -0.15) is 0 Å². The number of hydrogen-bond acceptors (Lipinski definition) is 4. The first-order chi connectivity index (χ1) is 9.99. The molecule has 4 N–H and O–H groups in total. The van der Waals surface area contributed by atoms with Crippen molar-refractivity contribution >= 4 is 52.4 Å². The molecule has 1 atom stereocenters. The van der Waals surface area contributed by atoms with Crippen molar-refractivity contribution in [2.24, 2.45) is 5.73 Å². The maximum atomic E-state index is 11.8. The average molecular weight is 340 g/mol. The highest BCUT2D eigenvalue weighted by Gasteiger charge is 2.37. The number of amides is 2. The Balaban J connectivity index is 2.14. The van der Waals surface area contributed by atoms with E-state index in [1.54, 1.807) is 24.4 Å². The zero-order chi connectivity index (χ0) is 15.1. The Bertz CT molecular complexity index is 717. The first kappa shape index (κ1) is 14.3. The molecule has 107 valence electrons. The van der Waals surface area contributed by atoms with Crippen molar-refractivity contribution < 1.29 is 4.79 Å². The van der Waals surface area contributed by atoms with Crippen LogP contribution in [0.5, 0.6) is 0 Å². The number of rotatable bonds is 1. The highest BCUT2D eigenvalue weighted by Crippen LogP contribution is 2.53. The molecule has 2 aromatic rings. The normalized spacial score (nSPS) is 16.9. The van der Waals surface area contributed by atoms with Gasteiger partial charge >= 0.3 is 6.03 Å². The molecule has 1 aliphatic heterocycles. The third kappa shape index (κ3) is 2.39. The number of carbonyl (C=O) groups excluding carboxylic acids is 1. The maximum absolute atomic E-state index is 11.8. The number of urea groups is 1. The van der Waals surface area contributed by atoms with Crippen LogP contribution in [-0.2, 0) is 0 Å². The van der Waals surface area contributed by atoms with Crippen molar-refractivity contribution in [3.05, 3.63) is 46.2 Å². The van der Waals surface area contributed by atoms with Crippen molar-refractivity contribution in [2.75, 3.05) is 10.6 Å². The molecule has 1 radical (unpaired) electrons. The summed E-state index contributed by atoms with van der Waals surface area (Å²) in [5, 5.41) is 0.285. The molecule has 3 rings (SSSR count). The quantitative estimate of drug-likeness (QED) is 0.779. The highest BCUT2D eigenvalue weighted by atomic mass is 35.5. The molecule has 0 spiro atoms. The molecule has 8 heteroatoms. The fourth-order valence-electron chi connectivity index (χ4n) is 2.17. The molecule has 0 saturated carbocycles. The van der Waals surface area contributed by atoms with Crippen molar-refractivity contribution in [1.29, 1.82) is 0 Å². The number of carbonyl (C=O) groups is 1. The van der Waals surface area contributed by atoms with Crippen LogP contribution in [-0.4, -0.2) is 11.0 Å². The number of primary amides is 1. The summed E-state index contributed by atoms with van der Waals surface area (Å²) in [5.74, 6) is 0. The molecule has 0 bridgehead atoms. The molecule has 21 heavy (non-hydrogen) atoms. The molecule has 0 aliphatic carbocycles. The minimum absolute atomic E-state index is 0.379. The Hall–Kier alpha value is -1.63. The number of aromatic nitrogens is 1. The number of pyridine rings is 1. The molecule has 1 aliphatic rings. The van der Waals surface area contributed by atoms with E-state index in [4.69, 9.17) is 34.7 Å². The molecular formula is C13H9Cl2N4OS. The molecule has 0 saturated heterocycles. The largest absolute Gasteiger partial charge is 0.399 e. The number of nitrogens with zero attached hydrogens (tertiary/aromatic N) is 2. The van der Waals surface area contributed by atoms with Gasteiger partial charge in [0.15, 0.2) is 0 Å². The molecule has 0 fully saturated rings. The Morgan fingerprint density at radius 3 is 2.67 bits per heavy atom. The van der Waals surface area contributed by atoms with Crippen LogP contribution < -0.4 is 16.4 Å². The standard InChI is InChI=1S/C13H9Cl2N4OS/c14-7-3-6(16)4-8(15)11(7)12-19(13(17)20)9-1-2-18-5-10(9)21-12/h1-4,12H,16H2,(H2,17,20). The van der Waals surface area contributed by atoms with Gasteiger partial charge in [-0.1, -0.05) is 35.0 Å². The van der Waals surface area contributed by atoms with Crippen molar-refractivity contribution in [1.82, 2.24) is 4.98 Å². The van der Waals surface area contributed by atoms with Crippen LogP contribution >= 0.6 is 35.0 Å². The molecule has 5 nitrogen and oxygen atoms in total. The third-order valence-electron chi connectivity index (χ3n) is 3.01. The molecule has 1 aromatic carbocycles. The third-order valence-corrected chi connectivity index (χ3v) is 4.85. The van der Waals surface area contributed by atoms with Gasteiger partial charge in [0.25, 0.3) is 0 Å². The predicted octanol–water partition coefficient (Wildman–Crippen LogP) is 3.46. The van der Waals surface area contributed by atoms with Crippen LogP contribution in [0.15, 0.2) is 29.3 Å². The summed E-state index contributed by atoms with van der Waals surface area (Å²) in [6, 6.07) is 4.28. The number of thioether (sulfide) groups is 1. The van der Waals surface area contributed by atoms with Crippen molar-refractivity contribution in [3.63, 3.8) is 0 Å². The summed E-state index contributed by atoms with van der Waals surface area (Å²) in [7, 11) is 0. The second-order valence-corrected chi connectivity index (χ2v) is 6.25. The Kier molecular flexibility index (Phi) is 3.61. The minimum atomic E-state index is -0.602. The summed E-state index contributed by atoms with van der Waals surface area (Å²) in [4.78, 5) is 17.9. The number of benzene rings is 1. The number of hydrogen-bond donors (Lipinski definition) is 2. The fourth-order valence-corrected chi connectivity index (χ4v) is 4.32. The maximum Gasteiger partial charge on any atom is 0.320 e. The van der Waals surface area contributed by atoms with Gasteiger partial charge in [0.1, 0.15) is 11.6 Å². The van der Waals surface area contributed by atoms with Crippen molar-refractivity contribution in [3.8, 4) is 0 Å². The lowest BCUT2D eigenvalue weighted by Gasteiger charge is -2.24. The van der Waals surface area contributed by atoms with E-state index in [-0.39, 0.29) is 0 Å². The number of halogens is 2. The minimum Gasteiger partial charge on any atom is -0.399 e. The van der Waals surface area contributed by atoms with Gasteiger partial charge in [-0.05, 0) is 18.2 Å². The van der Waals surface area contributed by atoms with Gasteiger partial charge in [0.2, 0.25) is 0 Å². The summed E-state index contributed by atoms with van der Waals surface area (Å²) < 4.78 is 0. The molecular weight excluding hydrogens is 331 g/mol. The van der Waals surface area contributed by atoms with E-state index in [1.165, 1.54) is 16.7 Å². The van der Waals surface area contributed by atoms with Crippen LogP contribution in [0.2, 0.25) is 10.0 Å². The fraction of sp³-hybridized carbons (Fsp3) is 0.0769. The highest BCUT2D eigenvalue weighted by molar-refractivity contribution is 8.00. The summed E-state index contributed by atoms with van der Waals surface area (Å²) in [5.41, 5.74) is 12.9. The summed E-state index contributed by atoms with van der Waals surface area (Å²) in [6.07, 6.45) is 4.38. The van der Waals surface area contributed by atoms with Crippen LogP contribution in [0, 0.1) is 6.20 Å². The van der Waals surface area contributed by atoms with Gasteiger partial charge in [-0.15, -0.1) is 0 Å². The number of nitrogen functional groups attached to an aromatic ring is 1. The number of nitrogens with two attached hydrogens (primary N) is 2. The molecule has 1 aromatic heterocycles. The van der Waals surface area contributed by atoms with Crippen LogP contribution in [0.3, 0.4) is 0 Å². The van der Waals surface area contributed by atoms with E-state index in [0.29, 0.717) is 31.9 Å². The van der Waals surface area contributed by atoms with E-state index < -0.39 is 11.4 Å². The Morgan fingerprint density at radius 2 is 2.05 bits per heavy atom. The second kappa shape index (κ2) is 5.29. The number of anilines is 2. The lowest BCUT2D eigenvalue weighted by molar-refractivity contribution is 0.253. The molecule has 1 unspecified atom stereocenters. The van der Waals surface area contributed by atoms with E-state index >= 15 is 0 Å². The van der Waals surface area contributed by atoms with Crippen LogP contribution in [0.1, 0.15) is 10.9 Å². The SMILES string of the molecule is NC(=O)N1c2ccn[c]c2SC1c1c(Cl)cc(N)cc1Cl. The van der Waals surface area contributed by atoms with E-state index in [0.717, 1.165) is 0 Å². The topological polar surface area (TPSA) is 85.2 Å². The summed E-state index contributed by atoms with van der Waals surface area (Å²) in [6.45, 7) is 0. The monoisotopic (exact) mass is 339 g/mol. The lowest BCUT2D eigenvalue weighted by Crippen LogP contribution is -2.35. The summed E-state index contributed by atoms with van der Waals surface area (Å²) >= 11 is 13.8. The van der Waals surface area contributed by atoms with E-state index in [9.17, 15) is 4.79 Å². The van der Waals surface area contributed by atoms with Gasteiger partial charge in [-0.3, -0.25) is 9.88 Å². The Morgan fingerprint density at radius 1 is 1.38 bits per heavy atom. The number of fused-ring (bicyclic) bond motifs is 1. The molecule has 2 amide bonds.